The molecule has 1 N–H and O–H groups in total. The summed E-state index contributed by atoms with van der Waals surface area (Å²) in [6.45, 7) is 6.62. The third-order valence-electron chi connectivity index (χ3n) is 8.96. The highest BCUT2D eigenvalue weighted by Gasteiger charge is 2.36. The largest absolute Gasteiger partial charge is 0.463 e. The molecule has 0 spiro atoms. The molecule has 6 nitrogen and oxygen atoms in total. The summed E-state index contributed by atoms with van der Waals surface area (Å²) in [6, 6.07) is 0. The highest BCUT2D eigenvalue weighted by molar-refractivity contribution is 5.69. The van der Waals surface area contributed by atoms with Crippen LogP contribution in [0.2, 0.25) is 0 Å². The Labute approximate surface area is 271 Å². The lowest BCUT2D eigenvalue weighted by Crippen LogP contribution is -2.25. The Balaban J connectivity index is 1.83. The zero-order chi connectivity index (χ0) is 32.1. The number of aliphatic hydroxyl groups excluding tert-OH is 1. The average molecular weight is 623 g/mol. The summed E-state index contributed by atoms with van der Waals surface area (Å²) in [7, 11) is 0. The maximum absolute atomic E-state index is 12.0. The van der Waals surface area contributed by atoms with Crippen molar-refractivity contribution in [3.8, 4) is 0 Å². The van der Waals surface area contributed by atoms with Crippen molar-refractivity contribution in [2.24, 2.45) is 5.92 Å². The summed E-state index contributed by atoms with van der Waals surface area (Å²) >= 11 is 0. The van der Waals surface area contributed by atoms with Gasteiger partial charge in [0.05, 0.1) is 12.2 Å². The second-order valence-electron chi connectivity index (χ2n) is 13.3. The summed E-state index contributed by atoms with van der Waals surface area (Å²) < 4.78 is 16.1. The third kappa shape index (κ3) is 25.9. The number of carbonyl (C=O) groups excluding carboxylic acids is 2. The van der Waals surface area contributed by atoms with Gasteiger partial charge in [-0.3, -0.25) is 9.59 Å². The summed E-state index contributed by atoms with van der Waals surface area (Å²) in [4.78, 5) is 23.9. The monoisotopic (exact) mass is 623 g/mol. The third-order valence-corrected chi connectivity index (χ3v) is 8.96. The van der Waals surface area contributed by atoms with Crippen LogP contribution in [0.5, 0.6) is 0 Å². The maximum atomic E-state index is 12.0. The van der Waals surface area contributed by atoms with Crippen LogP contribution in [-0.2, 0) is 23.8 Å². The Morgan fingerprint density at radius 1 is 0.682 bits per heavy atom. The van der Waals surface area contributed by atoms with Gasteiger partial charge in [-0.05, 0) is 44.4 Å². The Morgan fingerprint density at radius 2 is 1.20 bits per heavy atom. The molecule has 1 aliphatic heterocycles. The van der Waals surface area contributed by atoms with Gasteiger partial charge in [-0.2, -0.15) is 0 Å². The molecule has 1 heterocycles. The minimum absolute atomic E-state index is 0.121. The predicted molar refractivity (Wildman–Crippen MR) is 182 cm³/mol. The zero-order valence-corrected chi connectivity index (χ0v) is 29.0. The van der Waals surface area contributed by atoms with Gasteiger partial charge in [0.1, 0.15) is 19.3 Å². The van der Waals surface area contributed by atoms with E-state index in [1.807, 2.05) is 0 Å². The second-order valence-corrected chi connectivity index (χ2v) is 13.3. The van der Waals surface area contributed by atoms with Crippen molar-refractivity contribution in [2.45, 2.75) is 200 Å². The molecule has 0 aliphatic carbocycles. The summed E-state index contributed by atoms with van der Waals surface area (Å²) in [6.07, 6.45) is 32.8. The molecular weight excluding hydrogens is 552 g/mol. The topological polar surface area (TPSA) is 85.4 Å². The van der Waals surface area contributed by atoms with Gasteiger partial charge >= 0.3 is 11.9 Å². The first kappa shape index (κ1) is 40.6. The normalized spacial score (nSPS) is 17.5. The van der Waals surface area contributed by atoms with E-state index in [2.05, 4.69) is 32.9 Å². The van der Waals surface area contributed by atoms with Crippen molar-refractivity contribution in [3.05, 3.63) is 12.2 Å². The highest BCUT2D eigenvalue weighted by Crippen LogP contribution is 2.30. The van der Waals surface area contributed by atoms with Gasteiger partial charge in [0.15, 0.2) is 0 Å². The molecule has 44 heavy (non-hydrogen) atoms. The van der Waals surface area contributed by atoms with E-state index in [9.17, 15) is 14.7 Å². The van der Waals surface area contributed by atoms with Crippen LogP contribution in [0, 0.1) is 5.92 Å². The van der Waals surface area contributed by atoms with Crippen molar-refractivity contribution >= 4 is 11.9 Å². The molecule has 6 heteroatoms. The van der Waals surface area contributed by atoms with Crippen LogP contribution in [0.4, 0.5) is 0 Å². The van der Waals surface area contributed by atoms with Crippen molar-refractivity contribution in [3.63, 3.8) is 0 Å². The van der Waals surface area contributed by atoms with E-state index in [0.29, 0.717) is 25.0 Å². The molecule has 3 unspecified atom stereocenters. The molecule has 0 aromatic rings. The lowest BCUT2D eigenvalue weighted by molar-refractivity contribution is -0.152. The summed E-state index contributed by atoms with van der Waals surface area (Å²) in [5.41, 5.74) is 0. The molecule has 0 aromatic carbocycles. The fourth-order valence-electron chi connectivity index (χ4n) is 5.60. The van der Waals surface area contributed by atoms with E-state index in [-0.39, 0.29) is 25.2 Å². The van der Waals surface area contributed by atoms with E-state index < -0.39 is 6.10 Å². The molecule has 0 aromatic heterocycles. The van der Waals surface area contributed by atoms with Gasteiger partial charge in [0, 0.05) is 12.8 Å². The van der Waals surface area contributed by atoms with Crippen LogP contribution >= 0.6 is 0 Å². The Bertz CT molecular complexity index is 707. The van der Waals surface area contributed by atoms with Crippen LogP contribution < -0.4 is 0 Å². The number of allylic oxidation sites excluding steroid dienone is 1. The fourth-order valence-corrected chi connectivity index (χ4v) is 5.60. The molecule has 1 fully saturated rings. The minimum atomic E-state index is -0.969. The van der Waals surface area contributed by atoms with Crippen LogP contribution in [-0.4, -0.2) is 48.6 Å². The van der Waals surface area contributed by atoms with Crippen molar-refractivity contribution in [2.75, 3.05) is 13.2 Å². The van der Waals surface area contributed by atoms with Gasteiger partial charge in [-0.25, -0.2) is 0 Å². The average Bonchev–Trinajstić information content (AvgIpc) is 3.78. The molecule has 0 saturated carbocycles. The molecule has 258 valence electrons. The van der Waals surface area contributed by atoms with E-state index in [4.69, 9.17) is 14.2 Å². The molecule has 0 amide bonds. The van der Waals surface area contributed by atoms with Gasteiger partial charge in [0.25, 0.3) is 0 Å². The highest BCUT2D eigenvalue weighted by atomic mass is 16.6. The van der Waals surface area contributed by atoms with E-state index in [1.165, 1.54) is 89.9 Å². The van der Waals surface area contributed by atoms with Gasteiger partial charge in [-0.15, -0.1) is 0 Å². The second kappa shape index (κ2) is 29.0. The molecule has 0 bridgehead atoms. The van der Waals surface area contributed by atoms with Gasteiger partial charge in [-0.1, -0.05) is 142 Å². The first-order chi connectivity index (χ1) is 21.5. The molecule has 1 saturated heterocycles. The van der Waals surface area contributed by atoms with E-state index in [1.54, 1.807) is 0 Å². The minimum Gasteiger partial charge on any atom is -0.463 e. The Hall–Kier alpha value is -1.40. The zero-order valence-electron chi connectivity index (χ0n) is 29.0. The van der Waals surface area contributed by atoms with Crippen molar-refractivity contribution in [1.82, 2.24) is 0 Å². The lowest BCUT2D eigenvalue weighted by atomic mass is 9.99. The van der Waals surface area contributed by atoms with Crippen LogP contribution in [0.25, 0.3) is 0 Å². The first-order valence-electron chi connectivity index (χ1n) is 18.8. The van der Waals surface area contributed by atoms with Crippen LogP contribution in [0.15, 0.2) is 12.2 Å². The Morgan fingerprint density at radius 3 is 1.75 bits per heavy atom. The van der Waals surface area contributed by atoms with Crippen LogP contribution in [0.3, 0.4) is 0 Å². The molecular formula is C38H70O6. The molecule has 1 rings (SSSR count). The number of esters is 2. The quantitative estimate of drug-likeness (QED) is 0.0348. The van der Waals surface area contributed by atoms with E-state index >= 15 is 0 Å². The fraction of sp³-hybridized carbons (Fsp3) is 0.895. The first-order valence-corrected chi connectivity index (χ1v) is 18.8. The number of hydrogen-bond donors (Lipinski definition) is 1. The number of unbranched alkanes of at least 4 members (excludes halogenated alkanes) is 16. The van der Waals surface area contributed by atoms with Crippen LogP contribution in [0.1, 0.15) is 181 Å². The SMILES string of the molecule is CCCCC/C=C\CC1OC1CCCCCCCC(=O)OC[C@H](O)COC(=O)CCCCCCCCCCCCC(C)CC. The molecule has 0 radical (unpaired) electrons. The number of hydrogen-bond acceptors (Lipinski definition) is 6. The summed E-state index contributed by atoms with van der Waals surface area (Å²) in [5, 5.41) is 10.0. The van der Waals surface area contributed by atoms with E-state index in [0.717, 1.165) is 63.7 Å². The molecule has 1 aliphatic rings. The number of rotatable bonds is 32. The number of epoxide rings is 1. The standard InChI is InChI=1S/C38H70O6/c1-4-6-7-8-17-22-27-35-36(44-35)28-23-18-15-20-25-30-38(41)43-32-34(39)31-42-37(40)29-24-19-14-12-10-9-11-13-16-21-26-33(3)5-2/h17,22,33-36,39H,4-16,18-21,23-32H2,1-3H3/b22-17-/t33?,34-,35?,36?/m1/s1. The number of ether oxygens (including phenoxy) is 3. The number of carbonyl (C=O) groups is 2. The van der Waals surface area contributed by atoms with Gasteiger partial charge < -0.3 is 19.3 Å². The van der Waals surface area contributed by atoms with Crippen molar-refractivity contribution in [1.29, 1.82) is 0 Å². The lowest BCUT2D eigenvalue weighted by Gasteiger charge is -2.12. The predicted octanol–water partition coefficient (Wildman–Crippen LogP) is 10.2. The van der Waals surface area contributed by atoms with Crippen molar-refractivity contribution < 1.29 is 28.9 Å². The number of aliphatic hydroxyl groups is 1. The van der Waals surface area contributed by atoms with Gasteiger partial charge in [0.2, 0.25) is 0 Å². The summed E-state index contributed by atoms with van der Waals surface area (Å²) in [5.74, 6) is 0.294. The smallest absolute Gasteiger partial charge is 0.305 e. The maximum Gasteiger partial charge on any atom is 0.305 e. The molecule has 4 atom stereocenters. The Kier molecular flexibility index (Phi) is 26.8.